The lowest BCUT2D eigenvalue weighted by molar-refractivity contribution is -0.146. The van der Waals surface area contributed by atoms with Crippen LogP contribution in [-0.2, 0) is 14.3 Å². The van der Waals surface area contributed by atoms with Crippen molar-refractivity contribution in [3.05, 3.63) is 29.8 Å². The summed E-state index contributed by atoms with van der Waals surface area (Å²) in [5.41, 5.74) is 1.10. The molecular weight excluding hydrogens is 268 g/mol. The van der Waals surface area contributed by atoms with E-state index in [1.165, 1.54) is 7.11 Å². The van der Waals surface area contributed by atoms with E-state index in [2.05, 4.69) is 13.8 Å². The van der Waals surface area contributed by atoms with Gasteiger partial charge in [0, 0.05) is 13.0 Å². The van der Waals surface area contributed by atoms with Crippen LogP contribution in [0.3, 0.4) is 0 Å². The molecule has 0 radical (unpaired) electrons. The Morgan fingerprint density at radius 2 is 2.00 bits per heavy atom. The monoisotopic (exact) mass is 292 g/mol. The van der Waals surface area contributed by atoms with Gasteiger partial charge in [-0.05, 0) is 29.9 Å². The summed E-state index contributed by atoms with van der Waals surface area (Å²) in [7, 11) is 3.05. The van der Waals surface area contributed by atoms with Crippen molar-refractivity contribution in [1.82, 2.24) is 0 Å². The van der Waals surface area contributed by atoms with Crippen LogP contribution >= 0.6 is 0 Å². The van der Waals surface area contributed by atoms with Crippen LogP contribution < -0.4 is 4.74 Å². The zero-order valence-electron chi connectivity index (χ0n) is 13.2. The van der Waals surface area contributed by atoms with Gasteiger partial charge in [-0.25, -0.2) is 0 Å². The van der Waals surface area contributed by atoms with Gasteiger partial charge in [0.15, 0.2) is 6.79 Å². The molecule has 0 amide bonds. The minimum atomic E-state index is -0.132. The van der Waals surface area contributed by atoms with Crippen LogP contribution in [0.15, 0.2) is 24.3 Å². The summed E-state index contributed by atoms with van der Waals surface area (Å²) in [6, 6.07) is 7.89. The topological polar surface area (TPSA) is 44.8 Å². The Hall–Kier alpha value is -1.55. The Labute approximate surface area is 126 Å². The molecule has 1 aromatic rings. The maximum absolute atomic E-state index is 12.1. The van der Waals surface area contributed by atoms with Crippen molar-refractivity contribution in [2.45, 2.75) is 32.6 Å². The first-order valence-corrected chi connectivity index (χ1v) is 7.29. The molecule has 0 aromatic heterocycles. The Bertz CT molecular complexity index is 495. The Morgan fingerprint density at radius 3 is 2.67 bits per heavy atom. The SMILES string of the molecule is COCOc1ccccc1[C@H]1[C@@H](C(=O)OC)CCC1(C)C. The molecule has 0 heterocycles. The Balaban J connectivity index is 2.38. The number of rotatable bonds is 5. The van der Waals surface area contributed by atoms with E-state index < -0.39 is 0 Å². The number of hydrogen-bond acceptors (Lipinski definition) is 4. The molecule has 2 rings (SSSR count). The normalized spacial score (nSPS) is 23.8. The highest BCUT2D eigenvalue weighted by Gasteiger charge is 2.47. The number of benzene rings is 1. The summed E-state index contributed by atoms with van der Waals surface area (Å²) in [4.78, 5) is 12.1. The fourth-order valence-corrected chi connectivity index (χ4v) is 3.43. The second kappa shape index (κ2) is 6.48. The van der Waals surface area contributed by atoms with E-state index in [1.807, 2.05) is 24.3 Å². The molecule has 4 nitrogen and oxygen atoms in total. The number of ether oxygens (including phenoxy) is 3. The van der Waals surface area contributed by atoms with E-state index in [1.54, 1.807) is 7.11 Å². The van der Waals surface area contributed by atoms with Gasteiger partial charge in [-0.15, -0.1) is 0 Å². The predicted molar refractivity (Wildman–Crippen MR) is 80.2 cm³/mol. The van der Waals surface area contributed by atoms with Crippen molar-refractivity contribution in [3.8, 4) is 5.75 Å². The summed E-state index contributed by atoms with van der Waals surface area (Å²) >= 11 is 0. The fraction of sp³-hybridized carbons (Fsp3) is 0.588. The van der Waals surface area contributed by atoms with Crippen molar-refractivity contribution >= 4 is 5.97 Å². The lowest BCUT2D eigenvalue weighted by atomic mass is 9.74. The predicted octanol–water partition coefficient (Wildman–Crippen LogP) is 3.36. The van der Waals surface area contributed by atoms with E-state index in [0.717, 1.165) is 24.2 Å². The summed E-state index contributed by atoms with van der Waals surface area (Å²) in [6.07, 6.45) is 1.85. The largest absolute Gasteiger partial charge is 0.469 e. The maximum Gasteiger partial charge on any atom is 0.309 e. The van der Waals surface area contributed by atoms with Crippen LogP contribution in [0.2, 0.25) is 0 Å². The number of carbonyl (C=O) groups is 1. The van der Waals surface area contributed by atoms with Crippen LogP contribution in [0, 0.1) is 11.3 Å². The number of esters is 1. The lowest BCUT2D eigenvalue weighted by Gasteiger charge is -2.31. The Kier molecular flexibility index (Phi) is 4.88. The average molecular weight is 292 g/mol. The van der Waals surface area contributed by atoms with Gasteiger partial charge in [-0.3, -0.25) is 4.79 Å². The molecule has 0 spiro atoms. The zero-order chi connectivity index (χ0) is 15.5. The van der Waals surface area contributed by atoms with Crippen LogP contribution in [0.4, 0.5) is 0 Å². The number of carbonyl (C=O) groups excluding carboxylic acids is 1. The first kappa shape index (κ1) is 15.8. The van der Waals surface area contributed by atoms with Gasteiger partial charge in [0.2, 0.25) is 0 Å². The molecule has 1 saturated carbocycles. The molecule has 0 aliphatic heterocycles. The van der Waals surface area contributed by atoms with Crippen molar-refractivity contribution in [2.75, 3.05) is 21.0 Å². The third-order valence-electron chi connectivity index (χ3n) is 4.43. The Morgan fingerprint density at radius 1 is 1.29 bits per heavy atom. The average Bonchev–Trinajstić information content (AvgIpc) is 2.80. The van der Waals surface area contributed by atoms with Crippen LogP contribution in [0.1, 0.15) is 38.2 Å². The van der Waals surface area contributed by atoms with Gasteiger partial charge in [0.1, 0.15) is 5.75 Å². The van der Waals surface area contributed by atoms with Crippen LogP contribution in [0.5, 0.6) is 5.75 Å². The minimum absolute atomic E-state index is 0.0331. The third kappa shape index (κ3) is 3.21. The van der Waals surface area contributed by atoms with E-state index in [9.17, 15) is 4.79 Å². The van der Waals surface area contributed by atoms with Crippen molar-refractivity contribution < 1.29 is 19.0 Å². The fourth-order valence-electron chi connectivity index (χ4n) is 3.43. The summed E-state index contributed by atoms with van der Waals surface area (Å²) in [5.74, 6) is 0.635. The molecular formula is C17H24O4. The van der Waals surface area contributed by atoms with E-state index in [4.69, 9.17) is 14.2 Å². The van der Waals surface area contributed by atoms with Crippen molar-refractivity contribution in [2.24, 2.45) is 11.3 Å². The molecule has 1 fully saturated rings. The molecule has 1 aliphatic carbocycles. The van der Waals surface area contributed by atoms with Crippen molar-refractivity contribution in [3.63, 3.8) is 0 Å². The molecule has 2 atom stereocenters. The summed E-state index contributed by atoms with van der Waals surface area (Å²) in [5, 5.41) is 0. The number of para-hydroxylation sites is 1. The van der Waals surface area contributed by atoms with Crippen molar-refractivity contribution in [1.29, 1.82) is 0 Å². The van der Waals surface area contributed by atoms with Crippen LogP contribution in [0.25, 0.3) is 0 Å². The highest BCUT2D eigenvalue weighted by molar-refractivity contribution is 5.74. The van der Waals surface area contributed by atoms with Crippen LogP contribution in [-0.4, -0.2) is 27.0 Å². The number of hydrogen-bond donors (Lipinski definition) is 0. The van der Waals surface area contributed by atoms with E-state index in [-0.39, 0.29) is 30.0 Å². The molecule has 4 heteroatoms. The molecule has 0 N–H and O–H groups in total. The molecule has 0 bridgehead atoms. The smallest absolute Gasteiger partial charge is 0.309 e. The lowest BCUT2D eigenvalue weighted by Crippen LogP contribution is -2.26. The van der Waals surface area contributed by atoms with E-state index in [0.29, 0.717) is 0 Å². The van der Waals surface area contributed by atoms with Gasteiger partial charge >= 0.3 is 5.97 Å². The third-order valence-corrected chi connectivity index (χ3v) is 4.43. The zero-order valence-corrected chi connectivity index (χ0v) is 13.2. The molecule has 0 saturated heterocycles. The maximum atomic E-state index is 12.1. The van der Waals surface area contributed by atoms with Gasteiger partial charge in [0.05, 0.1) is 13.0 Å². The molecule has 1 aliphatic rings. The highest BCUT2D eigenvalue weighted by atomic mass is 16.7. The van der Waals surface area contributed by atoms with Gasteiger partial charge in [-0.1, -0.05) is 32.0 Å². The second-order valence-electron chi connectivity index (χ2n) is 6.22. The minimum Gasteiger partial charge on any atom is -0.469 e. The van der Waals surface area contributed by atoms with Gasteiger partial charge < -0.3 is 14.2 Å². The number of methoxy groups -OCH3 is 2. The second-order valence-corrected chi connectivity index (χ2v) is 6.22. The van der Waals surface area contributed by atoms with E-state index >= 15 is 0 Å². The van der Waals surface area contributed by atoms with Gasteiger partial charge in [-0.2, -0.15) is 0 Å². The first-order chi connectivity index (χ1) is 10.0. The summed E-state index contributed by atoms with van der Waals surface area (Å²) < 4.78 is 15.7. The summed E-state index contributed by atoms with van der Waals surface area (Å²) in [6.45, 7) is 4.61. The highest BCUT2D eigenvalue weighted by Crippen LogP contribution is 2.54. The quantitative estimate of drug-likeness (QED) is 0.616. The molecule has 1 aromatic carbocycles. The van der Waals surface area contributed by atoms with Gasteiger partial charge in [0.25, 0.3) is 0 Å². The molecule has 0 unspecified atom stereocenters. The molecule has 21 heavy (non-hydrogen) atoms. The standard InChI is InChI=1S/C17H24O4/c1-17(2)10-9-13(16(18)20-4)15(17)12-7-5-6-8-14(12)21-11-19-3/h5-8,13,15H,9-11H2,1-4H3/t13-,15-/m0/s1. The first-order valence-electron chi connectivity index (χ1n) is 7.29. The molecule has 116 valence electrons.